The third kappa shape index (κ3) is 5.40. The summed E-state index contributed by atoms with van der Waals surface area (Å²) in [5.41, 5.74) is 3.00. The molecule has 3 aromatic rings. The van der Waals surface area contributed by atoms with Crippen molar-refractivity contribution < 1.29 is 18.0 Å². The lowest BCUT2D eigenvalue weighted by molar-refractivity contribution is -0.141. The maximum atomic E-state index is 13.2. The summed E-state index contributed by atoms with van der Waals surface area (Å²) in [5.74, 6) is -0.201. The highest BCUT2D eigenvalue weighted by Crippen LogP contribution is 2.46. The maximum Gasteiger partial charge on any atom is 0.436 e. The Hall–Kier alpha value is -2.81. The second-order valence-electron chi connectivity index (χ2n) is 8.43. The molecule has 4 rings (SSSR count). The smallest absolute Gasteiger partial charge is 0.352 e. The molecule has 1 saturated carbocycles. The van der Waals surface area contributed by atoms with Gasteiger partial charge in [-0.2, -0.15) is 23.4 Å². The number of carbonyl (C=O) groups excluding carboxylic acids is 1. The second-order valence-corrected chi connectivity index (χ2v) is 8.81. The number of amides is 1. The highest BCUT2D eigenvalue weighted by molar-refractivity contribution is 6.32. The number of nitrogens with one attached hydrogen (secondary N) is 1. The first kappa shape index (κ1) is 23.4. The van der Waals surface area contributed by atoms with E-state index in [0.717, 1.165) is 29.8 Å². The highest BCUT2D eigenvalue weighted by atomic mass is 35.5. The van der Waals surface area contributed by atoms with Crippen LogP contribution in [0.5, 0.6) is 0 Å². The van der Waals surface area contributed by atoms with Gasteiger partial charge in [-0.05, 0) is 56.9 Å². The van der Waals surface area contributed by atoms with E-state index in [4.69, 9.17) is 11.6 Å². The lowest BCUT2D eigenvalue weighted by Gasteiger charge is -2.09. The van der Waals surface area contributed by atoms with E-state index in [1.165, 1.54) is 4.68 Å². The average Bonchev–Trinajstić information content (AvgIpc) is 3.45. The number of aromatic nitrogens is 4. The van der Waals surface area contributed by atoms with E-state index in [9.17, 15) is 18.0 Å². The fourth-order valence-electron chi connectivity index (χ4n) is 3.85. The third-order valence-corrected chi connectivity index (χ3v) is 6.02. The lowest BCUT2D eigenvalue weighted by atomic mass is 10.1. The summed E-state index contributed by atoms with van der Waals surface area (Å²) in [6.07, 6.45) is -2.51. The predicted molar refractivity (Wildman–Crippen MR) is 118 cm³/mol. The van der Waals surface area contributed by atoms with Crippen LogP contribution in [0.2, 0.25) is 5.02 Å². The minimum atomic E-state index is -4.58. The molecule has 0 spiro atoms. The van der Waals surface area contributed by atoms with Gasteiger partial charge >= 0.3 is 6.18 Å². The highest BCUT2D eigenvalue weighted by Gasteiger charge is 2.41. The molecule has 0 bridgehead atoms. The third-order valence-electron chi connectivity index (χ3n) is 5.65. The first-order valence-electron chi connectivity index (χ1n) is 10.8. The van der Waals surface area contributed by atoms with E-state index in [-0.39, 0.29) is 23.4 Å². The zero-order valence-corrected chi connectivity index (χ0v) is 19.2. The fourth-order valence-corrected chi connectivity index (χ4v) is 4.25. The molecule has 1 amide bonds. The number of hydrogen-bond acceptors (Lipinski definition) is 3. The van der Waals surface area contributed by atoms with Crippen molar-refractivity contribution in [3.8, 4) is 0 Å². The SMILES string of the molecule is Cc1cc(C)n(Cc2ccc(C(=O)NCCCn3nc(C(F)(F)F)c(Cl)c3C3CC3)cc2)n1. The van der Waals surface area contributed by atoms with Crippen LogP contribution in [0.3, 0.4) is 0 Å². The van der Waals surface area contributed by atoms with Crippen LogP contribution in [0.25, 0.3) is 0 Å². The largest absolute Gasteiger partial charge is 0.436 e. The predicted octanol–water partition coefficient (Wildman–Crippen LogP) is 5.11. The van der Waals surface area contributed by atoms with E-state index in [1.807, 2.05) is 36.7 Å². The van der Waals surface area contributed by atoms with Gasteiger partial charge in [-0.25, -0.2) is 0 Å². The molecule has 0 radical (unpaired) electrons. The number of hydrogen-bond donors (Lipinski definition) is 1. The Kier molecular flexibility index (Phi) is 6.52. The van der Waals surface area contributed by atoms with Crippen LogP contribution in [-0.4, -0.2) is 32.0 Å². The van der Waals surface area contributed by atoms with Crippen molar-refractivity contribution in [3.05, 3.63) is 69.3 Å². The van der Waals surface area contributed by atoms with Crippen molar-refractivity contribution in [2.24, 2.45) is 0 Å². The van der Waals surface area contributed by atoms with E-state index in [2.05, 4.69) is 15.5 Å². The van der Waals surface area contributed by atoms with Crippen LogP contribution in [0, 0.1) is 13.8 Å². The lowest BCUT2D eigenvalue weighted by Crippen LogP contribution is -2.25. The first-order chi connectivity index (χ1) is 15.6. The van der Waals surface area contributed by atoms with E-state index < -0.39 is 11.9 Å². The van der Waals surface area contributed by atoms with Crippen molar-refractivity contribution in [2.45, 2.75) is 58.3 Å². The quantitative estimate of drug-likeness (QED) is 0.456. The Morgan fingerprint density at radius 3 is 2.42 bits per heavy atom. The number of nitrogens with zero attached hydrogens (tertiary/aromatic N) is 4. The van der Waals surface area contributed by atoms with Gasteiger partial charge in [-0.1, -0.05) is 23.7 Å². The van der Waals surface area contributed by atoms with Crippen LogP contribution in [-0.2, 0) is 19.3 Å². The molecule has 1 aliphatic rings. The molecule has 0 atom stereocenters. The number of alkyl halides is 3. The van der Waals surface area contributed by atoms with Crippen LogP contribution in [0.1, 0.15) is 63.9 Å². The van der Waals surface area contributed by atoms with E-state index in [0.29, 0.717) is 30.8 Å². The Labute approximate surface area is 194 Å². The molecule has 2 aromatic heterocycles. The minimum Gasteiger partial charge on any atom is -0.352 e. The van der Waals surface area contributed by atoms with Gasteiger partial charge in [0.15, 0.2) is 5.69 Å². The standard InChI is InChI=1S/C23H25ClF3N5O/c1-14-12-15(2)32(29-14)13-16-4-6-18(7-5-16)22(33)28-10-3-11-31-20(17-8-9-17)19(24)21(30-31)23(25,26)27/h4-7,12,17H,3,8-11,13H2,1-2H3,(H,28,33). The van der Waals surface area contributed by atoms with Crippen LogP contribution in [0.15, 0.2) is 30.3 Å². The van der Waals surface area contributed by atoms with Gasteiger partial charge in [0.1, 0.15) is 0 Å². The Bertz CT molecular complexity index is 1150. The number of aryl methyl sites for hydroxylation is 3. The molecule has 33 heavy (non-hydrogen) atoms. The van der Waals surface area contributed by atoms with Gasteiger partial charge in [0.05, 0.1) is 23.0 Å². The van der Waals surface area contributed by atoms with Crippen LogP contribution < -0.4 is 5.32 Å². The topological polar surface area (TPSA) is 64.7 Å². The van der Waals surface area contributed by atoms with Crippen LogP contribution in [0.4, 0.5) is 13.2 Å². The summed E-state index contributed by atoms with van der Waals surface area (Å²) in [7, 11) is 0. The van der Waals surface area contributed by atoms with Crippen molar-refractivity contribution >= 4 is 17.5 Å². The van der Waals surface area contributed by atoms with E-state index in [1.54, 1.807) is 12.1 Å². The van der Waals surface area contributed by atoms with Crippen molar-refractivity contribution in [3.63, 3.8) is 0 Å². The van der Waals surface area contributed by atoms with Gasteiger partial charge in [0.2, 0.25) is 0 Å². The molecule has 0 saturated heterocycles. The molecular formula is C23H25ClF3N5O. The monoisotopic (exact) mass is 479 g/mol. The zero-order valence-electron chi connectivity index (χ0n) is 18.4. The van der Waals surface area contributed by atoms with Gasteiger partial charge in [-0.15, -0.1) is 0 Å². The molecule has 1 N–H and O–H groups in total. The molecule has 6 nitrogen and oxygen atoms in total. The van der Waals surface area contributed by atoms with Gasteiger partial charge < -0.3 is 5.32 Å². The Balaban J connectivity index is 1.31. The summed E-state index contributed by atoms with van der Waals surface area (Å²) in [6, 6.07) is 9.29. The van der Waals surface area contributed by atoms with Gasteiger partial charge in [-0.3, -0.25) is 14.2 Å². The molecule has 1 aliphatic carbocycles. The van der Waals surface area contributed by atoms with E-state index >= 15 is 0 Å². The normalized spacial score (nSPS) is 14.0. The Morgan fingerprint density at radius 1 is 1.15 bits per heavy atom. The summed E-state index contributed by atoms with van der Waals surface area (Å²) in [5, 5.41) is 10.7. The van der Waals surface area contributed by atoms with Gasteiger partial charge in [0.25, 0.3) is 5.91 Å². The average molecular weight is 480 g/mol. The molecule has 1 fully saturated rings. The maximum absolute atomic E-state index is 13.2. The molecule has 0 aliphatic heterocycles. The van der Waals surface area contributed by atoms with Crippen LogP contribution >= 0.6 is 11.6 Å². The van der Waals surface area contributed by atoms with Crippen molar-refractivity contribution in [1.29, 1.82) is 0 Å². The zero-order chi connectivity index (χ0) is 23.8. The summed E-state index contributed by atoms with van der Waals surface area (Å²) >= 11 is 5.99. The number of rotatable bonds is 8. The number of benzene rings is 1. The molecule has 1 aromatic carbocycles. The summed E-state index contributed by atoms with van der Waals surface area (Å²) in [4.78, 5) is 12.4. The number of halogens is 4. The molecular weight excluding hydrogens is 455 g/mol. The van der Waals surface area contributed by atoms with Crippen molar-refractivity contribution in [2.75, 3.05) is 6.54 Å². The van der Waals surface area contributed by atoms with Gasteiger partial charge in [0, 0.05) is 30.3 Å². The molecule has 176 valence electrons. The Morgan fingerprint density at radius 2 is 1.85 bits per heavy atom. The fraction of sp³-hybridized carbons (Fsp3) is 0.435. The molecule has 0 unspecified atom stereocenters. The summed E-state index contributed by atoms with van der Waals surface area (Å²) in [6.45, 7) is 5.13. The van der Waals surface area contributed by atoms with Crippen molar-refractivity contribution in [1.82, 2.24) is 24.9 Å². The number of carbonyl (C=O) groups is 1. The molecule has 10 heteroatoms. The first-order valence-corrected chi connectivity index (χ1v) is 11.2. The molecule has 2 heterocycles. The summed E-state index contributed by atoms with van der Waals surface area (Å²) < 4.78 is 42.7. The minimum absolute atomic E-state index is 0.0312. The second kappa shape index (κ2) is 9.21.